The third-order valence-electron chi connectivity index (χ3n) is 4.11. The van der Waals surface area contributed by atoms with Crippen LogP contribution >= 0.6 is 7.60 Å². The monoisotopic (exact) mass is 410 g/mol. The summed E-state index contributed by atoms with van der Waals surface area (Å²) in [5.41, 5.74) is 1.08. The van der Waals surface area contributed by atoms with Crippen LogP contribution in [-0.2, 0) is 20.3 Å². The average molecular weight is 410 g/mol. The zero-order valence-corrected chi connectivity index (χ0v) is 17.1. The number of rotatable bonds is 9. The van der Waals surface area contributed by atoms with E-state index in [4.69, 9.17) is 13.8 Å². The van der Waals surface area contributed by atoms with Gasteiger partial charge < -0.3 is 9.26 Å². The van der Waals surface area contributed by atoms with E-state index in [0.717, 1.165) is 5.56 Å². The predicted octanol–water partition coefficient (Wildman–Crippen LogP) is 5.16. The van der Waals surface area contributed by atoms with E-state index >= 15 is 0 Å². The van der Waals surface area contributed by atoms with Crippen LogP contribution in [0.1, 0.15) is 18.9 Å². The summed E-state index contributed by atoms with van der Waals surface area (Å²) in [5.74, 6) is 0.461. The predicted molar refractivity (Wildman–Crippen MR) is 113 cm³/mol. The summed E-state index contributed by atoms with van der Waals surface area (Å²) in [6, 6.07) is 25.0. The Hall–Kier alpha value is -2.88. The average Bonchev–Trinajstić information content (AvgIpc) is 2.75. The number of ether oxygens (including phenoxy) is 1. The van der Waals surface area contributed by atoms with Gasteiger partial charge in [0.25, 0.3) is 0 Å². The van der Waals surface area contributed by atoms with Crippen LogP contribution < -0.4 is 14.6 Å². The second-order valence-corrected chi connectivity index (χ2v) is 8.23. The van der Waals surface area contributed by atoms with Gasteiger partial charge in [-0.3, -0.25) is 9.32 Å². The minimum absolute atomic E-state index is 0.253. The molecule has 0 aliphatic rings. The first-order chi connectivity index (χ1) is 14.1. The summed E-state index contributed by atoms with van der Waals surface area (Å²) < 4.78 is 29.6. The highest BCUT2D eigenvalue weighted by atomic mass is 31.2. The molecule has 0 fully saturated rings. The molecule has 0 saturated heterocycles. The minimum Gasteiger partial charge on any atom is -0.427 e. The van der Waals surface area contributed by atoms with Crippen molar-refractivity contribution in [3.63, 3.8) is 0 Å². The summed E-state index contributed by atoms with van der Waals surface area (Å²) in [6.45, 7) is 2.01. The number of aryl methyl sites for hydroxylation is 1. The Bertz CT molecular complexity index is 956. The number of carbonyl (C=O) groups excluding carboxylic acids is 1. The lowest BCUT2D eigenvalue weighted by Gasteiger charge is -2.19. The van der Waals surface area contributed by atoms with Crippen molar-refractivity contribution < 1.29 is 23.1 Å². The first-order valence-corrected chi connectivity index (χ1v) is 11.0. The molecule has 5 nitrogen and oxygen atoms in total. The van der Waals surface area contributed by atoms with Crippen molar-refractivity contribution in [2.45, 2.75) is 19.8 Å². The van der Waals surface area contributed by atoms with E-state index in [1.165, 1.54) is 0 Å². The third kappa shape index (κ3) is 6.05. The van der Waals surface area contributed by atoms with Gasteiger partial charge in [-0.25, -0.2) is 4.57 Å². The Morgan fingerprint density at radius 3 is 2.03 bits per heavy atom. The smallest absolute Gasteiger partial charge is 0.410 e. The summed E-state index contributed by atoms with van der Waals surface area (Å²) >= 11 is 0. The van der Waals surface area contributed by atoms with Gasteiger partial charge in [-0.05, 0) is 55.3 Å². The number of benzene rings is 3. The fourth-order valence-electron chi connectivity index (χ4n) is 2.71. The van der Waals surface area contributed by atoms with Crippen molar-refractivity contribution in [2.24, 2.45) is 0 Å². The lowest BCUT2D eigenvalue weighted by atomic mass is 10.1. The van der Waals surface area contributed by atoms with Gasteiger partial charge in [-0.2, -0.15) is 0 Å². The molecule has 29 heavy (non-hydrogen) atoms. The largest absolute Gasteiger partial charge is 0.427 e. The number of hydrogen-bond donors (Lipinski definition) is 0. The first kappa shape index (κ1) is 20.8. The van der Waals surface area contributed by atoms with Gasteiger partial charge in [0.1, 0.15) is 11.5 Å². The van der Waals surface area contributed by atoms with Crippen LogP contribution in [0.3, 0.4) is 0 Å². The van der Waals surface area contributed by atoms with Gasteiger partial charge in [0.2, 0.25) is 0 Å². The summed E-state index contributed by atoms with van der Waals surface area (Å²) in [6.07, 6.45) is 0.908. The van der Waals surface area contributed by atoms with Crippen molar-refractivity contribution in [1.29, 1.82) is 0 Å². The molecule has 0 spiro atoms. The molecule has 6 heteroatoms. The fraction of sp³-hybridized carbons (Fsp3) is 0.174. The molecule has 0 heterocycles. The number of hydrogen-bond acceptors (Lipinski definition) is 5. The van der Waals surface area contributed by atoms with Crippen LogP contribution in [-0.4, -0.2) is 12.6 Å². The molecule has 0 radical (unpaired) electrons. The Labute approximate surface area is 170 Å². The quantitative estimate of drug-likeness (QED) is 0.277. The molecule has 0 aliphatic carbocycles. The molecule has 0 aromatic heterocycles. The van der Waals surface area contributed by atoms with Crippen LogP contribution in [0.2, 0.25) is 0 Å². The molecule has 0 amide bonds. The maximum absolute atomic E-state index is 13.1. The van der Waals surface area contributed by atoms with Crippen molar-refractivity contribution in [1.82, 2.24) is 0 Å². The maximum Gasteiger partial charge on any atom is 0.410 e. The normalized spacial score (nSPS) is 12.7. The van der Waals surface area contributed by atoms with Gasteiger partial charge in [0, 0.05) is 6.42 Å². The first-order valence-electron chi connectivity index (χ1n) is 9.43. The Balaban J connectivity index is 1.60. The van der Waals surface area contributed by atoms with E-state index in [9.17, 15) is 9.36 Å². The van der Waals surface area contributed by atoms with Crippen LogP contribution in [0.4, 0.5) is 0 Å². The van der Waals surface area contributed by atoms with Crippen LogP contribution in [0.15, 0.2) is 84.9 Å². The molecule has 0 N–H and O–H groups in total. The summed E-state index contributed by atoms with van der Waals surface area (Å²) in [5, 5.41) is 0.485. The Morgan fingerprint density at radius 2 is 1.41 bits per heavy atom. The fourth-order valence-corrected chi connectivity index (χ4v) is 4.30. The highest BCUT2D eigenvalue weighted by Gasteiger charge is 2.28. The highest BCUT2D eigenvalue weighted by molar-refractivity contribution is 7.62. The molecule has 150 valence electrons. The zero-order chi connectivity index (χ0) is 20.5. The molecular formula is C23H23O5P. The molecular weight excluding hydrogens is 387 g/mol. The minimum atomic E-state index is -3.49. The zero-order valence-electron chi connectivity index (χ0n) is 16.2. The van der Waals surface area contributed by atoms with E-state index in [1.807, 2.05) is 36.4 Å². The molecule has 0 saturated carbocycles. The highest BCUT2D eigenvalue weighted by Crippen LogP contribution is 2.47. The van der Waals surface area contributed by atoms with Gasteiger partial charge in [-0.1, -0.05) is 48.5 Å². The molecule has 3 rings (SSSR count). The van der Waals surface area contributed by atoms with Crippen molar-refractivity contribution in [3.8, 4) is 11.5 Å². The topological polar surface area (TPSA) is 61.8 Å². The van der Waals surface area contributed by atoms with E-state index < -0.39 is 7.60 Å². The summed E-state index contributed by atoms with van der Waals surface area (Å²) in [7, 11) is -3.49. The van der Waals surface area contributed by atoms with E-state index in [2.05, 4.69) is 0 Å². The van der Waals surface area contributed by atoms with E-state index in [0.29, 0.717) is 23.2 Å². The molecule has 0 aliphatic heterocycles. The van der Waals surface area contributed by atoms with Gasteiger partial charge >= 0.3 is 13.6 Å². The van der Waals surface area contributed by atoms with Crippen molar-refractivity contribution in [3.05, 3.63) is 90.5 Å². The van der Waals surface area contributed by atoms with Crippen LogP contribution in [0, 0.1) is 0 Å². The number of carbonyl (C=O) groups is 1. The second kappa shape index (κ2) is 10.1. The van der Waals surface area contributed by atoms with E-state index in [1.54, 1.807) is 55.5 Å². The Morgan fingerprint density at radius 1 is 0.828 bits per heavy atom. The van der Waals surface area contributed by atoms with Crippen molar-refractivity contribution >= 4 is 18.9 Å². The molecule has 0 bridgehead atoms. The third-order valence-corrected chi connectivity index (χ3v) is 6.09. The standard InChI is InChI=1S/C23H23O5P/c1-2-26-29(25,22-11-7-4-8-12-22)28-21-16-14-20(15-17-21)27-23(24)18-13-19-9-5-3-6-10-19/h3-12,14-17H,2,13,18H2,1H3. The lowest BCUT2D eigenvalue weighted by molar-refractivity contribution is -0.134. The van der Waals surface area contributed by atoms with Crippen LogP contribution in [0.5, 0.6) is 11.5 Å². The van der Waals surface area contributed by atoms with Gasteiger partial charge in [0.15, 0.2) is 0 Å². The molecule has 3 aromatic carbocycles. The summed E-state index contributed by atoms with van der Waals surface area (Å²) in [4.78, 5) is 12.1. The SMILES string of the molecule is CCOP(=O)(Oc1ccc(OC(=O)CCc2ccccc2)cc1)c1ccccc1. The van der Waals surface area contributed by atoms with Gasteiger partial charge in [0.05, 0.1) is 11.9 Å². The number of esters is 1. The molecule has 1 atom stereocenters. The maximum atomic E-state index is 13.1. The molecule has 3 aromatic rings. The lowest BCUT2D eigenvalue weighted by Crippen LogP contribution is -2.12. The van der Waals surface area contributed by atoms with Crippen LogP contribution in [0.25, 0.3) is 0 Å². The Kier molecular flexibility index (Phi) is 7.23. The van der Waals surface area contributed by atoms with E-state index in [-0.39, 0.29) is 19.0 Å². The van der Waals surface area contributed by atoms with Crippen molar-refractivity contribution in [2.75, 3.05) is 6.61 Å². The van der Waals surface area contributed by atoms with Gasteiger partial charge in [-0.15, -0.1) is 0 Å². The second-order valence-electron chi connectivity index (χ2n) is 6.27. The molecule has 1 unspecified atom stereocenters.